The minimum atomic E-state index is -4.48. The van der Waals surface area contributed by atoms with Crippen molar-refractivity contribution in [3.63, 3.8) is 0 Å². The maximum absolute atomic E-state index is 12.1. The van der Waals surface area contributed by atoms with E-state index in [4.69, 9.17) is 14.5 Å². The number of rotatable bonds is 15. The second kappa shape index (κ2) is 14.6. The van der Waals surface area contributed by atoms with Gasteiger partial charge < -0.3 is 25.6 Å². The summed E-state index contributed by atoms with van der Waals surface area (Å²) >= 11 is 0. The van der Waals surface area contributed by atoms with Gasteiger partial charge in [-0.3, -0.25) is 9.32 Å². The molecule has 178 valence electrons. The Hall–Kier alpha value is -1.44. The van der Waals surface area contributed by atoms with Crippen molar-refractivity contribution in [3.8, 4) is 5.75 Å². The highest BCUT2D eigenvalue weighted by atomic mass is 31.2. The third kappa shape index (κ3) is 11.7. The van der Waals surface area contributed by atoms with Crippen molar-refractivity contribution in [1.29, 1.82) is 0 Å². The number of hydrogen-bond donors (Lipinski definition) is 3. The fourth-order valence-corrected chi connectivity index (χ4v) is 4.01. The highest BCUT2D eigenvalue weighted by Crippen LogP contribution is 2.39. The molecule has 0 saturated carbocycles. The first-order valence-corrected chi connectivity index (χ1v) is 12.6. The zero-order valence-electron chi connectivity index (χ0n) is 18.7. The Morgan fingerprint density at radius 1 is 1.03 bits per heavy atom. The van der Waals surface area contributed by atoms with Gasteiger partial charge in [0.25, 0.3) is 0 Å². The van der Waals surface area contributed by atoms with Crippen molar-refractivity contribution in [2.45, 2.75) is 77.2 Å². The number of unbranched alkanes of at least 4 members (excludes halogenated alkanes) is 7. The monoisotopic (exact) mass is 458 g/mol. The molecule has 0 bridgehead atoms. The molecule has 0 aromatic heterocycles. The zero-order chi connectivity index (χ0) is 21.8. The summed E-state index contributed by atoms with van der Waals surface area (Å²) in [5.74, 6) is 0.823. The van der Waals surface area contributed by atoms with E-state index in [9.17, 15) is 9.36 Å². The molecule has 5 N–H and O–H groups in total. The number of phosphoric acid groups is 1. The standard InChI is InChI=1S/C22H36NO6P.H3N/c1-2-3-4-5-6-7-8-9-16-28-20-13-10-19(11-14-20)12-15-22(24)23-17-21(18-23)29-30(25,26)27;/h10-11,13-14,21H,2-9,12,15-18H2,1H3,(H2,25,26,27);1H3. The van der Waals surface area contributed by atoms with E-state index in [1.807, 2.05) is 24.3 Å². The Balaban J connectivity index is 0.00000480. The molecular weight excluding hydrogens is 419 g/mol. The van der Waals surface area contributed by atoms with Gasteiger partial charge in [0.05, 0.1) is 6.61 Å². The number of benzene rings is 1. The second-order valence-corrected chi connectivity index (χ2v) is 9.18. The molecule has 8 nitrogen and oxygen atoms in total. The molecule has 0 spiro atoms. The summed E-state index contributed by atoms with van der Waals surface area (Å²) in [5, 5.41) is 0. The molecule has 1 aliphatic rings. The molecular formula is C22H39N2O6P. The first-order chi connectivity index (χ1) is 14.4. The van der Waals surface area contributed by atoms with Crippen LogP contribution in [0.15, 0.2) is 24.3 Å². The normalized spacial score (nSPS) is 14.1. The number of carbonyl (C=O) groups is 1. The van der Waals surface area contributed by atoms with Gasteiger partial charge in [0, 0.05) is 19.5 Å². The van der Waals surface area contributed by atoms with Gasteiger partial charge in [-0.2, -0.15) is 0 Å². The summed E-state index contributed by atoms with van der Waals surface area (Å²) in [7, 11) is -4.48. The lowest BCUT2D eigenvalue weighted by molar-refractivity contribution is -0.140. The van der Waals surface area contributed by atoms with Gasteiger partial charge in [-0.15, -0.1) is 0 Å². The van der Waals surface area contributed by atoms with Gasteiger partial charge >= 0.3 is 7.82 Å². The third-order valence-electron chi connectivity index (χ3n) is 5.30. The van der Waals surface area contributed by atoms with Crippen LogP contribution in [-0.4, -0.2) is 46.4 Å². The van der Waals surface area contributed by atoms with Crippen LogP contribution >= 0.6 is 7.82 Å². The predicted octanol–water partition coefficient (Wildman–Crippen LogP) is 4.62. The van der Waals surface area contributed by atoms with Crippen molar-refractivity contribution < 1.29 is 28.4 Å². The van der Waals surface area contributed by atoms with E-state index in [-0.39, 0.29) is 25.1 Å². The van der Waals surface area contributed by atoms with Gasteiger partial charge in [0.2, 0.25) is 5.91 Å². The fraction of sp³-hybridized carbons (Fsp3) is 0.682. The molecule has 1 saturated heterocycles. The number of aryl methyl sites for hydroxylation is 1. The summed E-state index contributed by atoms with van der Waals surface area (Å²) < 4.78 is 21.1. The minimum Gasteiger partial charge on any atom is -0.494 e. The molecule has 1 aromatic carbocycles. The van der Waals surface area contributed by atoms with E-state index in [1.54, 1.807) is 4.90 Å². The molecule has 1 aromatic rings. The summed E-state index contributed by atoms with van der Waals surface area (Å²) in [6, 6.07) is 7.84. The van der Waals surface area contributed by atoms with E-state index >= 15 is 0 Å². The summed E-state index contributed by atoms with van der Waals surface area (Å²) in [6.45, 7) is 3.44. The van der Waals surface area contributed by atoms with Crippen LogP contribution in [0.5, 0.6) is 5.75 Å². The average molecular weight is 459 g/mol. The van der Waals surface area contributed by atoms with E-state index in [1.165, 1.54) is 44.9 Å². The molecule has 1 amide bonds. The fourth-order valence-electron chi connectivity index (χ4n) is 3.49. The van der Waals surface area contributed by atoms with Crippen LogP contribution in [0.1, 0.15) is 70.3 Å². The second-order valence-electron chi connectivity index (χ2n) is 7.98. The predicted molar refractivity (Wildman–Crippen MR) is 121 cm³/mol. The number of amides is 1. The Bertz CT molecular complexity index is 673. The molecule has 9 heteroatoms. The van der Waals surface area contributed by atoms with E-state index in [0.717, 1.165) is 24.3 Å². The highest BCUT2D eigenvalue weighted by molar-refractivity contribution is 7.46. The SMILES string of the molecule is CCCCCCCCCCOc1ccc(CCC(=O)N2CC(OP(=O)(O)O)C2)cc1.N. The average Bonchev–Trinajstić information content (AvgIpc) is 2.67. The van der Waals surface area contributed by atoms with Crippen LogP contribution in [0.3, 0.4) is 0 Å². The number of nitrogens with zero attached hydrogens (tertiary/aromatic N) is 1. The van der Waals surface area contributed by atoms with E-state index < -0.39 is 13.9 Å². The first kappa shape index (κ1) is 27.6. The summed E-state index contributed by atoms with van der Waals surface area (Å²) in [4.78, 5) is 31.2. The molecule has 1 aliphatic heterocycles. The van der Waals surface area contributed by atoms with E-state index in [0.29, 0.717) is 12.8 Å². The lowest BCUT2D eigenvalue weighted by atomic mass is 10.1. The van der Waals surface area contributed by atoms with Gasteiger partial charge in [0.15, 0.2) is 0 Å². The largest absolute Gasteiger partial charge is 0.494 e. The van der Waals surface area contributed by atoms with Crippen LogP contribution < -0.4 is 10.9 Å². The van der Waals surface area contributed by atoms with Crippen LogP contribution in [-0.2, 0) is 20.3 Å². The van der Waals surface area contributed by atoms with E-state index in [2.05, 4.69) is 11.4 Å². The highest BCUT2D eigenvalue weighted by Gasteiger charge is 2.35. The Labute approximate surface area is 186 Å². The number of phosphoric ester groups is 1. The minimum absolute atomic E-state index is 0. The smallest absolute Gasteiger partial charge is 0.469 e. The molecule has 1 fully saturated rings. The van der Waals surface area contributed by atoms with Crippen molar-refractivity contribution in [3.05, 3.63) is 29.8 Å². The number of ether oxygens (including phenoxy) is 1. The van der Waals surface area contributed by atoms with Crippen LogP contribution in [0.2, 0.25) is 0 Å². The molecule has 0 atom stereocenters. The summed E-state index contributed by atoms with van der Waals surface area (Å²) in [6.07, 6.45) is 10.6. The van der Waals surface area contributed by atoms with Crippen molar-refractivity contribution in [2.75, 3.05) is 19.7 Å². The van der Waals surface area contributed by atoms with Crippen molar-refractivity contribution in [1.82, 2.24) is 11.1 Å². The van der Waals surface area contributed by atoms with Gasteiger partial charge in [-0.05, 0) is 30.5 Å². The zero-order valence-corrected chi connectivity index (χ0v) is 19.6. The molecule has 1 heterocycles. The van der Waals surface area contributed by atoms with Crippen LogP contribution in [0.25, 0.3) is 0 Å². The lowest BCUT2D eigenvalue weighted by Gasteiger charge is -2.38. The Morgan fingerprint density at radius 2 is 1.61 bits per heavy atom. The first-order valence-electron chi connectivity index (χ1n) is 11.1. The Kier molecular flexibility index (Phi) is 13.0. The Morgan fingerprint density at radius 3 is 2.19 bits per heavy atom. The topological polar surface area (TPSA) is 131 Å². The molecule has 0 aliphatic carbocycles. The molecule has 2 rings (SSSR count). The molecule has 31 heavy (non-hydrogen) atoms. The number of carbonyl (C=O) groups excluding carboxylic acids is 1. The lowest BCUT2D eigenvalue weighted by Crippen LogP contribution is -2.54. The van der Waals surface area contributed by atoms with Crippen molar-refractivity contribution >= 4 is 13.7 Å². The van der Waals surface area contributed by atoms with Crippen molar-refractivity contribution in [2.24, 2.45) is 0 Å². The van der Waals surface area contributed by atoms with Gasteiger partial charge in [-0.1, -0.05) is 64.0 Å². The number of hydrogen-bond acceptors (Lipinski definition) is 5. The molecule has 0 radical (unpaired) electrons. The van der Waals surface area contributed by atoms with Crippen LogP contribution in [0, 0.1) is 0 Å². The summed E-state index contributed by atoms with van der Waals surface area (Å²) in [5.41, 5.74) is 1.06. The number of likely N-dealkylation sites (tertiary alicyclic amines) is 1. The van der Waals surface area contributed by atoms with Gasteiger partial charge in [-0.25, -0.2) is 4.57 Å². The van der Waals surface area contributed by atoms with Gasteiger partial charge in [0.1, 0.15) is 11.9 Å². The maximum atomic E-state index is 12.1. The van der Waals surface area contributed by atoms with Crippen LogP contribution in [0.4, 0.5) is 0 Å². The molecule has 0 unspecified atom stereocenters. The third-order valence-corrected chi connectivity index (χ3v) is 5.88. The maximum Gasteiger partial charge on any atom is 0.469 e. The quantitative estimate of drug-likeness (QED) is 0.258.